The molecule has 0 aromatic rings. The van der Waals surface area contributed by atoms with Gasteiger partial charge in [0.25, 0.3) is 0 Å². The number of carbonyl (C=O) groups excluding carboxylic acids is 1. The van der Waals surface area contributed by atoms with E-state index < -0.39 is 0 Å². The van der Waals surface area contributed by atoms with E-state index in [2.05, 4.69) is 17.9 Å². The van der Waals surface area contributed by atoms with Crippen molar-refractivity contribution in [2.75, 3.05) is 19.7 Å². The van der Waals surface area contributed by atoms with Gasteiger partial charge in [-0.25, -0.2) is 0 Å². The molecule has 0 fully saturated rings. The summed E-state index contributed by atoms with van der Waals surface area (Å²) in [5.41, 5.74) is 0. The highest BCUT2D eigenvalue weighted by molar-refractivity contribution is 7.81. The van der Waals surface area contributed by atoms with Crippen LogP contribution in [0.3, 0.4) is 0 Å². The lowest BCUT2D eigenvalue weighted by atomic mass is 10.3. The molecule has 0 aliphatic heterocycles. The number of rotatable bonds is 5. The SMILES string of the molecule is CC(S)C(=O)CNCCO. The van der Waals surface area contributed by atoms with Gasteiger partial charge in [0, 0.05) is 6.54 Å². The summed E-state index contributed by atoms with van der Waals surface area (Å²) < 4.78 is 0. The first-order valence-electron chi connectivity index (χ1n) is 3.21. The number of aliphatic hydroxyl groups excluding tert-OH is 1. The van der Waals surface area contributed by atoms with Gasteiger partial charge in [0.2, 0.25) is 0 Å². The van der Waals surface area contributed by atoms with Crippen molar-refractivity contribution in [1.29, 1.82) is 0 Å². The minimum Gasteiger partial charge on any atom is -0.395 e. The van der Waals surface area contributed by atoms with Crippen LogP contribution < -0.4 is 5.32 Å². The Balaban J connectivity index is 3.22. The van der Waals surface area contributed by atoms with Crippen LogP contribution in [0.5, 0.6) is 0 Å². The number of hydrogen-bond donors (Lipinski definition) is 3. The molecule has 1 atom stereocenters. The Labute approximate surface area is 66.2 Å². The van der Waals surface area contributed by atoms with Gasteiger partial charge in [0.15, 0.2) is 5.78 Å². The first-order chi connectivity index (χ1) is 4.68. The molecule has 2 N–H and O–H groups in total. The van der Waals surface area contributed by atoms with Crippen LogP contribution in [0.4, 0.5) is 0 Å². The van der Waals surface area contributed by atoms with Crippen molar-refractivity contribution in [2.24, 2.45) is 0 Å². The van der Waals surface area contributed by atoms with Crippen molar-refractivity contribution >= 4 is 18.4 Å². The second kappa shape index (κ2) is 5.70. The molecule has 0 aromatic heterocycles. The Hall–Kier alpha value is -0.0600. The summed E-state index contributed by atoms with van der Waals surface area (Å²) >= 11 is 3.94. The van der Waals surface area contributed by atoms with Crippen LogP contribution in [0.15, 0.2) is 0 Å². The fourth-order valence-corrected chi connectivity index (χ4v) is 0.530. The summed E-state index contributed by atoms with van der Waals surface area (Å²) in [6.45, 7) is 2.55. The predicted octanol–water partition coefficient (Wildman–Crippen LogP) is -0.544. The summed E-state index contributed by atoms with van der Waals surface area (Å²) in [4.78, 5) is 10.8. The van der Waals surface area contributed by atoms with Crippen molar-refractivity contribution in [3.05, 3.63) is 0 Å². The van der Waals surface area contributed by atoms with Gasteiger partial charge in [0.05, 0.1) is 18.4 Å². The lowest BCUT2D eigenvalue weighted by Crippen LogP contribution is -2.29. The minimum absolute atomic E-state index is 0.0526. The van der Waals surface area contributed by atoms with E-state index in [0.717, 1.165) is 0 Å². The van der Waals surface area contributed by atoms with Crippen molar-refractivity contribution in [1.82, 2.24) is 5.32 Å². The topological polar surface area (TPSA) is 49.3 Å². The summed E-state index contributed by atoms with van der Waals surface area (Å²) in [5, 5.41) is 10.9. The van der Waals surface area contributed by atoms with Crippen LogP contribution in [0, 0.1) is 0 Å². The van der Waals surface area contributed by atoms with Crippen LogP contribution in [0.25, 0.3) is 0 Å². The first-order valence-corrected chi connectivity index (χ1v) is 3.72. The number of thiol groups is 1. The third-order valence-electron chi connectivity index (χ3n) is 1.05. The van der Waals surface area contributed by atoms with Gasteiger partial charge in [0.1, 0.15) is 0 Å². The second-order valence-electron chi connectivity index (χ2n) is 2.04. The molecule has 10 heavy (non-hydrogen) atoms. The molecule has 3 nitrogen and oxygen atoms in total. The molecule has 0 rings (SSSR count). The molecular weight excluding hydrogens is 150 g/mol. The standard InChI is InChI=1S/C6H13NO2S/c1-5(10)6(9)4-7-2-3-8/h5,7-8,10H,2-4H2,1H3. The van der Waals surface area contributed by atoms with E-state index in [1.165, 1.54) is 0 Å². The lowest BCUT2D eigenvalue weighted by Gasteiger charge is -2.03. The molecule has 0 spiro atoms. The number of ketones is 1. The Morgan fingerprint density at radius 3 is 2.80 bits per heavy atom. The number of carbonyl (C=O) groups is 1. The molecule has 0 amide bonds. The van der Waals surface area contributed by atoms with Gasteiger partial charge >= 0.3 is 0 Å². The normalized spacial score (nSPS) is 13.1. The molecule has 0 aliphatic carbocycles. The van der Waals surface area contributed by atoms with Gasteiger partial charge in [-0.15, -0.1) is 0 Å². The van der Waals surface area contributed by atoms with Gasteiger partial charge in [-0.3, -0.25) is 4.79 Å². The van der Waals surface area contributed by atoms with E-state index in [4.69, 9.17) is 5.11 Å². The highest BCUT2D eigenvalue weighted by Crippen LogP contribution is 1.91. The van der Waals surface area contributed by atoms with Crippen molar-refractivity contribution in [3.8, 4) is 0 Å². The van der Waals surface area contributed by atoms with E-state index in [0.29, 0.717) is 13.1 Å². The van der Waals surface area contributed by atoms with Crippen LogP contribution >= 0.6 is 12.6 Å². The fraction of sp³-hybridized carbons (Fsp3) is 0.833. The Bertz CT molecular complexity index is 106. The zero-order valence-electron chi connectivity index (χ0n) is 6.00. The molecule has 0 radical (unpaired) electrons. The summed E-state index contributed by atoms with van der Waals surface area (Å²) in [6.07, 6.45) is 0. The summed E-state index contributed by atoms with van der Waals surface area (Å²) in [5.74, 6) is 0.0526. The predicted molar refractivity (Wildman–Crippen MR) is 43.4 cm³/mol. The van der Waals surface area contributed by atoms with Crippen LogP contribution in [-0.2, 0) is 4.79 Å². The second-order valence-corrected chi connectivity index (χ2v) is 2.82. The van der Waals surface area contributed by atoms with Gasteiger partial charge in [-0.2, -0.15) is 12.6 Å². The van der Waals surface area contributed by atoms with Crippen molar-refractivity contribution in [3.63, 3.8) is 0 Å². The third-order valence-corrected chi connectivity index (χ3v) is 1.34. The van der Waals surface area contributed by atoms with E-state index in [9.17, 15) is 4.79 Å². The molecule has 60 valence electrons. The van der Waals surface area contributed by atoms with Crippen molar-refractivity contribution in [2.45, 2.75) is 12.2 Å². The number of nitrogens with one attached hydrogen (secondary N) is 1. The number of hydrogen-bond acceptors (Lipinski definition) is 4. The Morgan fingerprint density at radius 2 is 2.40 bits per heavy atom. The molecule has 0 bridgehead atoms. The van der Waals surface area contributed by atoms with E-state index in [-0.39, 0.29) is 17.6 Å². The maximum Gasteiger partial charge on any atom is 0.158 e. The highest BCUT2D eigenvalue weighted by atomic mass is 32.1. The third kappa shape index (κ3) is 4.78. The molecule has 0 aliphatic rings. The minimum atomic E-state index is -0.216. The van der Waals surface area contributed by atoms with Crippen molar-refractivity contribution < 1.29 is 9.90 Å². The highest BCUT2D eigenvalue weighted by Gasteiger charge is 2.05. The monoisotopic (exact) mass is 163 g/mol. The molecule has 0 heterocycles. The number of Topliss-reactive ketones (excluding diaryl/α,β-unsaturated/α-hetero) is 1. The van der Waals surface area contributed by atoms with E-state index in [1.54, 1.807) is 6.92 Å². The zero-order valence-corrected chi connectivity index (χ0v) is 6.90. The van der Waals surface area contributed by atoms with Crippen LogP contribution in [0.1, 0.15) is 6.92 Å². The summed E-state index contributed by atoms with van der Waals surface area (Å²) in [6, 6.07) is 0. The molecular formula is C6H13NO2S. The van der Waals surface area contributed by atoms with E-state index in [1.807, 2.05) is 0 Å². The Kier molecular flexibility index (Phi) is 5.67. The van der Waals surface area contributed by atoms with Crippen LogP contribution in [-0.4, -0.2) is 35.8 Å². The molecule has 0 aromatic carbocycles. The molecule has 1 unspecified atom stereocenters. The molecule has 0 saturated carbocycles. The summed E-state index contributed by atoms with van der Waals surface area (Å²) in [7, 11) is 0. The lowest BCUT2D eigenvalue weighted by molar-refractivity contribution is -0.117. The first kappa shape index (κ1) is 9.94. The van der Waals surface area contributed by atoms with Gasteiger partial charge < -0.3 is 10.4 Å². The fourth-order valence-electron chi connectivity index (χ4n) is 0.438. The zero-order chi connectivity index (χ0) is 7.98. The molecule has 4 heteroatoms. The maximum atomic E-state index is 10.8. The van der Waals surface area contributed by atoms with E-state index >= 15 is 0 Å². The van der Waals surface area contributed by atoms with Crippen LogP contribution in [0.2, 0.25) is 0 Å². The Morgan fingerprint density at radius 1 is 1.80 bits per heavy atom. The average molecular weight is 163 g/mol. The molecule has 0 saturated heterocycles. The van der Waals surface area contributed by atoms with Gasteiger partial charge in [-0.1, -0.05) is 0 Å². The smallest absolute Gasteiger partial charge is 0.158 e. The van der Waals surface area contributed by atoms with Gasteiger partial charge in [-0.05, 0) is 6.92 Å². The quantitative estimate of drug-likeness (QED) is 0.377. The average Bonchev–Trinajstić information content (AvgIpc) is 1.88. The maximum absolute atomic E-state index is 10.8. The largest absolute Gasteiger partial charge is 0.395 e. The number of aliphatic hydroxyl groups is 1.